The molecule has 5 heteroatoms. The van der Waals surface area contributed by atoms with Gasteiger partial charge in [0.2, 0.25) is 5.91 Å². The second-order valence-corrected chi connectivity index (χ2v) is 8.07. The number of nitrogens with zero attached hydrogens (tertiary/aromatic N) is 2. The molecule has 5 nitrogen and oxygen atoms in total. The Bertz CT molecular complexity index is 820. The van der Waals surface area contributed by atoms with E-state index in [0.717, 1.165) is 38.3 Å². The molecule has 0 unspecified atom stereocenters. The van der Waals surface area contributed by atoms with Gasteiger partial charge in [0.25, 0.3) is 5.91 Å². The molecule has 0 atom stereocenters. The lowest BCUT2D eigenvalue weighted by Gasteiger charge is -2.34. The fraction of sp³-hybridized carbons (Fsp3) is 0.417. The van der Waals surface area contributed by atoms with Gasteiger partial charge in [-0.1, -0.05) is 50.2 Å². The van der Waals surface area contributed by atoms with Gasteiger partial charge in [0.05, 0.1) is 0 Å². The molecule has 1 aliphatic heterocycles. The molecule has 0 aromatic heterocycles. The fourth-order valence-corrected chi connectivity index (χ4v) is 3.55. The zero-order valence-electron chi connectivity index (χ0n) is 17.6. The first-order valence-electron chi connectivity index (χ1n) is 10.4. The zero-order valence-corrected chi connectivity index (χ0v) is 17.6. The summed E-state index contributed by atoms with van der Waals surface area (Å²) in [5, 5.41) is 2.77. The van der Waals surface area contributed by atoms with E-state index in [2.05, 4.69) is 48.3 Å². The zero-order chi connectivity index (χ0) is 20.8. The van der Waals surface area contributed by atoms with Gasteiger partial charge in [-0.05, 0) is 34.7 Å². The predicted octanol–water partition coefficient (Wildman–Crippen LogP) is 3.40. The summed E-state index contributed by atoms with van der Waals surface area (Å²) in [5.41, 5.74) is 4.38. The van der Waals surface area contributed by atoms with Crippen LogP contribution in [0.5, 0.6) is 0 Å². The van der Waals surface area contributed by atoms with Crippen molar-refractivity contribution in [2.24, 2.45) is 0 Å². The van der Waals surface area contributed by atoms with E-state index in [9.17, 15) is 9.59 Å². The lowest BCUT2D eigenvalue weighted by Crippen LogP contribution is -2.48. The highest BCUT2D eigenvalue weighted by Crippen LogP contribution is 2.17. The van der Waals surface area contributed by atoms with Crippen LogP contribution in [0.4, 0.5) is 0 Å². The topological polar surface area (TPSA) is 52.7 Å². The number of carbonyl (C=O) groups excluding carboxylic acids is 2. The molecule has 0 bridgehead atoms. The summed E-state index contributed by atoms with van der Waals surface area (Å²) in [6.45, 7) is 10.6. The van der Waals surface area contributed by atoms with Gasteiger partial charge >= 0.3 is 0 Å². The number of rotatable bonds is 6. The third kappa shape index (κ3) is 5.91. The molecular formula is C24H31N3O2. The number of amides is 2. The van der Waals surface area contributed by atoms with Crippen molar-refractivity contribution >= 4 is 11.8 Å². The molecule has 1 saturated heterocycles. The summed E-state index contributed by atoms with van der Waals surface area (Å²) in [6.07, 6.45) is 0. The maximum Gasteiger partial charge on any atom is 0.253 e. The van der Waals surface area contributed by atoms with Gasteiger partial charge < -0.3 is 10.2 Å². The molecule has 1 N–H and O–H groups in total. The molecule has 0 spiro atoms. The van der Waals surface area contributed by atoms with E-state index in [4.69, 9.17) is 0 Å². The number of benzene rings is 2. The van der Waals surface area contributed by atoms with Crippen molar-refractivity contribution in [2.75, 3.05) is 26.2 Å². The van der Waals surface area contributed by atoms with E-state index in [0.29, 0.717) is 18.0 Å². The van der Waals surface area contributed by atoms with Crippen molar-refractivity contribution < 1.29 is 9.59 Å². The van der Waals surface area contributed by atoms with Crippen molar-refractivity contribution in [3.63, 3.8) is 0 Å². The molecule has 2 aromatic carbocycles. The van der Waals surface area contributed by atoms with Crippen LogP contribution in [0.2, 0.25) is 0 Å². The highest BCUT2D eigenvalue weighted by molar-refractivity contribution is 5.94. The summed E-state index contributed by atoms with van der Waals surface area (Å²) in [6, 6.07) is 16.4. The first-order valence-corrected chi connectivity index (χ1v) is 10.4. The van der Waals surface area contributed by atoms with Crippen LogP contribution in [0.15, 0.2) is 48.5 Å². The van der Waals surface area contributed by atoms with Crippen LogP contribution in [-0.2, 0) is 17.9 Å². The van der Waals surface area contributed by atoms with Crippen molar-refractivity contribution in [3.8, 4) is 0 Å². The summed E-state index contributed by atoms with van der Waals surface area (Å²) < 4.78 is 0. The third-order valence-corrected chi connectivity index (χ3v) is 5.45. The molecule has 0 radical (unpaired) electrons. The maximum atomic E-state index is 12.8. The van der Waals surface area contributed by atoms with E-state index in [-0.39, 0.29) is 11.8 Å². The molecule has 1 fully saturated rings. The summed E-state index contributed by atoms with van der Waals surface area (Å²) >= 11 is 0. The lowest BCUT2D eigenvalue weighted by molar-refractivity contribution is -0.119. The number of carbonyl (C=O) groups is 2. The van der Waals surface area contributed by atoms with Crippen molar-refractivity contribution in [2.45, 2.75) is 39.8 Å². The van der Waals surface area contributed by atoms with E-state index in [1.54, 1.807) is 0 Å². The van der Waals surface area contributed by atoms with Gasteiger partial charge in [-0.2, -0.15) is 0 Å². The van der Waals surface area contributed by atoms with E-state index < -0.39 is 0 Å². The molecule has 0 saturated carbocycles. The summed E-state index contributed by atoms with van der Waals surface area (Å²) in [7, 11) is 0. The molecule has 3 rings (SSSR count). The second kappa shape index (κ2) is 9.70. The molecule has 29 heavy (non-hydrogen) atoms. The molecule has 1 aliphatic rings. The molecule has 1 heterocycles. The molecule has 0 aliphatic carbocycles. The molecule has 154 valence electrons. The average Bonchev–Trinajstić information content (AvgIpc) is 2.73. The second-order valence-electron chi connectivity index (χ2n) is 8.07. The maximum absolute atomic E-state index is 12.8. The smallest absolute Gasteiger partial charge is 0.253 e. The van der Waals surface area contributed by atoms with Crippen LogP contribution in [0.3, 0.4) is 0 Å². The standard InChI is InChI=1S/C24H31N3O2/c1-18(2)22-8-6-21(7-9-22)17-26-12-14-27(15-13-26)24(29)23-10-4-20(5-11-23)16-25-19(3)28/h4-11,18H,12-17H2,1-3H3,(H,25,28). The Kier molecular flexibility index (Phi) is 7.04. The van der Waals surface area contributed by atoms with Crippen LogP contribution in [-0.4, -0.2) is 47.8 Å². The van der Waals surface area contributed by atoms with Crippen LogP contribution < -0.4 is 5.32 Å². The van der Waals surface area contributed by atoms with Crippen LogP contribution in [0.25, 0.3) is 0 Å². The molecule has 2 amide bonds. The van der Waals surface area contributed by atoms with Gasteiger partial charge in [0.15, 0.2) is 0 Å². The average molecular weight is 394 g/mol. The Morgan fingerprint density at radius 1 is 0.897 bits per heavy atom. The quantitative estimate of drug-likeness (QED) is 0.818. The highest BCUT2D eigenvalue weighted by Gasteiger charge is 2.22. The number of piperazine rings is 1. The molecule has 2 aromatic rings. The first kappa shape index (κ1) is 21.1. The first-order chi connectivity index (χ1) is 13.9. The Morgan fingerprint density at radius 3 is 2.03 bits per heavy atom. The Hall–Kier alpha value is -2.66. The van der Waals surface area contributed by atoms with Gasteiger partial charge in [0.1, 0.15) is 0 Å². The van der Waals surface area contributed by atoms with Crippen LogP contribution in [0, 0.1) is 0 Å². The Labute approximate surface area is 173 Å². The third-order valence-electron chi connectivity index (χ3n) is 5.45. The predicted molar refractivity (Wildman–Crippen MR) is 116 cm³/mol. The Morgan fingerprint density at radius 2 is 1.48 bits per heavy atom. The van der Waals surface area contributed by atoms with E-state index in [1.165, 1.54) is 18.1 Å². The van der Waals surface area contributed by atoms with Gasteiger partial charge in [0, 0.05) is 51.8 Å². The minimum absolute atomic E-state index is 0.0566. The van der Waals surface area contributed by atoms with Gasteiger partial charge in [-0.3, -0.25) is 14.5 Å². The number of hydrogen-bond acceptors (Lipinski definition) is 3. The van der Waals surface area contributed by atoms with Crippen molar-refractivity contribution in [3.05, 3.63) is 70.8 Å². The fourth-order valence-electron chi connectivity index (χ4n) is 3.55. The van der Waals surface area contributed by atoms with Crippen LogP contribution in [0.1, 0.15) is 53.7 Å². The van der Waals surface area contributed by atoms with Gasteiger partial charge in [-0.25, -0.2) is 0 Å². The van der Waals surface area contributed by atoms with Crippen molar-refractivity contribution in [1.82, 2.24) is 15.1 Å². The largest absolute Gasteiger partial charge is 0.352 e. The normalized spacial score (nSPS) is 14.8. The lowest BCUT2D eigenvalue weighted by atomic mass is 10.0. The number of nitrogens with one attached hydrogen (secondary N) is 1. The van der Waals surface area contributed by atoms with E-state index >= 15 is 0 Å². The molecular weight excluding hydrogens is 362 g/mol. The minimum atomic E-state index is -0.0566. The summed E-state index contributed by atoms with van der Waals surface area (Å²) in [4.78, 5) is 28.1. The van der Waals surface area contributed by atoms with Crippen LogP contribution >= 0.6 is 0 Å². The minimum Gasteiger partial charge on any atom is -0.352 e. The summed E-state index contributed by atoms with van der Waals surface area (Å²) in [5.74, 6) is 0.578. The highest BCUT2D eigenvalue weighted by atomic mass is 16.2. The monoisotopic (exact) mass is 393 g/mol. The Balaban J connectivity index is 1.49. The van der Waals surface area contributed by atoms with Gasteiger partial charge in [-0.15, -0.1) is 0 Å². The van der Waals surface area contributed by atoms with E-state index in [1.807, 2.05) is 29.2 Å². The SMILES string of the molecule is CC(=O)NCc1ccc(C(=O)N2CCN(Cc3ccc(C(C)C)cc3)CC2)cc1. The van der Waals surface area contributed by atoms with Crippen molar-refractivity contribution in [1.29, 1.82) is 0 Å². The number of hydrogen-bond donors (Lipinski definition) is 1.